The van der Waals surface area contributed by atoms with E-state index >= 15 is 0 Å². The fourth-order valence-corrected chi connectivity index (χ4v) is 3.19. The highest BCUT2D eigenvalue weighted by Crippen LogP contribution is 2.22. The summed E-state index contributed by atoms with van der Waals surface area (Å²) in [5.41, 5.74) is 4.98. The van der Waals surface area contributed by atoms with Gasteiger partial charge < -0.3 is 5.73 Å². The third-order valence-corrected chi connectivity index (χ3v) is 4.46. The Morgan fingerprint density at radius 3 is 2.48 bits per heavy atom. The number of benzene rings is 1. The molecule has 1 heterocycles. The number of carbonyl (C=O) groups is 2. The number of likely N-dealkylation sites (N-methyl/N-ethyl adjacent to an activating group) is 1. The monoisotopic (exact) mass is 319 g/mol. The van der Waals surface area contributed by atoms with E-state index in [-0.39, 0.29) is 12.1 Å². The zero-order valence-corrected chi connectivity index (χ0v) is 11.6. The number of nitrogens with two attached hydrogens (primary N) is 1. The smallest absolute Gasteiger partial charge is 0.247 e. The fourth-order valence-electron chi connectivity index (χ4n) is 1.88. The molecule has 114 valence electrons. The molecule has 1 saturated heterocycles. The molecule has 0 aromatic heterocycles. The number of imide groups is 1. The molecule has 3 N–H and O–H groups in total. The van der Waals surface area contributed by atoms with Crippen molar-refractivity contribution in [2.24, 2.45) is 0 Å². The molecule has 1 fully saturated rings. The first-order valence-corrected chi connectivity index (χ1v) is 7.19. The fraction of sp³-hybridized carbons (Fsp3) is 0.273. The van der Waals surface area contributed by atoms with Crippen molar-refractivity contribution in [2.45, 2.75) is 17.4 Å². The lowest BCUT2D eigenvalue weighted by molar-refractivity contribution is -0.137. The molecule has 0 saturated carbocycles. The van der Waals surface area contributed by atoms with Gasteiger partial charge in [0.25, 0.3) is 0 Å². The van der Waals surface area contributed by atoms with Crippen molar-refractivity contribution in [3.63, 3.8) is 0 Å². The second-order valence-electron chi connectivity index (χ2n) is 4.48. The maximum atomic E-state index is 13.6. The van der Waals surface area contributed by atoms with Gasteiger partial charge in [0.05, 0.1) is 6.42 Å². The normalized spacial score (nSPS) is 19.4. The van der Waals surface area contributed by atoms with Crippen LogP contribution in [0.2, 0.25) is 0 Å². The molecule has 2 amide bonds. The summed E-state index contributed by atoms with van der Waals surface area (Å²) in [6.07, 6.45) is -0.388. The maximum absolute atomic E-state index is 13.6. The number of amides is 2. The predicted molar refractivity (Wildman–Crippen MR) is 67.3 cm³/mol. The molecule has 0 bridgehead atoms. The van der Waals surface area contributed by atoms with Crippen LogP contribution in [-0.2, 0) is 19.6 Å². The summed E-state index contributed by atoms with van der Waals surface area (Å²) in [5.74, 6) is -4.39. The Morgan fingerprint density at radius 1 is 1.33 bits per heavy atom. The Hall–Kier alpha value is -2.07. The van der Waals surface area contributed by atoms with Crippen LogP contribution < -0.4 is 10.5 Å². The zero-order chi connectivity index (χ0) is 15.9. The van der Waals surface area contributed by atoms with Gasteiger partial charge in [0.2, 0.25) is 21.8 Å². The lowest BCUT2D eigenvalue weighted by atomic mass is 10.3. The molecule has 0 spiro atoms. The number of hydrogen-bond acceptors (Lipinski definition) is 5. The Balaban J connectivity index is 2.36. The van der Waals surface area contributed by atoms with E-state index < -0.39 is 44.4 Å². The summed E-state index contributed by atoms with van der Waals surface area (Å²) in [5, 5.41) is 0. The van der Waals surface area contributed by atoms with Crippen molar-refractivity contribution in [3.05, 3.63) is 23.8 Å². The topological polar surface area (TPSA) is 110 Å². The van der Waals surface area contributed by atoms with Gasteiger partial charge in [-0.05, 0) is 12.1 Å². The quantitative estimate of drug-likeness (QED) is 0.581. The summed E-state index contributed by atoms with van der Waals surface area (Å²) >= 11 is 0. The van der Waals surface area contributed by atoms with E-state index in [0.29, 0.717) is 6.07 Å². The van der Waals surface area contributed by atoms with Crippen molar-refractivity contribution < 1.29 is 26.8 Å². The number of carbonyl (C=O) groups excluding carboxylic acids is 2. The molecule has 21 heavy (non-hydrogen) atoms. The van der Waals surface area contributed by atoms with Gasteiger partial charge in [-0.3, -0.25) is 14.5 Å². The van der Waals surface area contributed by atoms with Gasteiger partial charge in [0, 0.05) is 12.7 Å². The summed E-state index contributed by atoms with van der Waals surface area (Å²) < 4.78 is 52.7. The highest BCUT2D eigenvalue weighted by Gasteiger charge is 2.39. The van der Waals surface area contributed by atoms with E-state index in [1.54, 1.807) is 0 Å². The number of hydrogen-bond donors (Lipinski definition) is 2. The molecule has 1 atom stereocenters. The number of halogens is 2. The van der Waals surface area contributed by atoms with Gasteiger partial charge in [0.15, 0.2) is 11.6 Å². The van der Waals surface area contributed by atoms with Crippen molar-refractivity contribution >= 4 is 27.5 Å². The molecule has 0 radical (unpaired) electrons. The molecule has 1 aliphatic rings. The molecule has 10 heteroatoms. The minimum absolute atomic E-state index is 0.291. The zero-order valence-electron chi connectivity index (χ0n) is 10.8. The minimum Gasteiger partial charge on any atom is -0.399 e. The number of likely N-dealkylation sites (tertiary alicyclic amines) is 1. The van der Waals surface area contributed by atoms with Crippen LogP contribution in [0.15, 0.2) is 17.0 Å². The molecule has 2 rings (SSSR count). The molecule has 0 aliphatic carbocycles. The van der Waals surface area contributed by atoms with Crippen molar-refractivity contribution in [1.29, 1.82) is 0 Å². The van der Waals surface area contributed by atoms with Crippen molar-refractivity contribution in [2.75, 3.05) is 12.8 Å². The number of anilines is 1. The largest absolute Gasteiger partial charge is 0.399 e. The van der Waals surface area contributed by atoms with Gasteiger partial charge in [-0.15, -0.1) is 0 Å². The highest BCUT2D eigenvalue weighted by molar-refractivity contribution is 7.89. The highest BCUT2D eigenvalue weighted by atomic mass is 32.2. The first-order chi connectivity index (χ1) is 9.63. The number of rotatable bonds is 3. The first-order valence-electron chi connectivity index (χ1n) is 5.70. The first kappa shape index (κ1) is 15.3. The Bertz CT molecular complexity index is 735. The second-order valence-corrected chi connectivity index (χ2v) is 6.17. The molecular formula is C11H11F2N3O4S. The predicted octanol–water partition coefficient (Wildman–Crippen LogP) is -0.417. The Morgan fingerprint density at radius 2 is 1.95 bits per heavy atom. The van der Waals surface area contributed by atoms with E-state index in [4.69, 9.17) is 5.73 Å². The average molecular weight is 319 g/mol. The van der Waals surface area contributed by atoms with Crippen LogP contribution in [0, 0.1) is 11.6 Å². The Kier molecular flexibility index (Phi) is 3.68. The van der Waals surface area contributed by atoms with E-state index in [2.05, 4.69) is 0 Å². The minimum atomic E-state index is -4.54. The van der Waals surface area contributed by atoms with Crippen LogP contribution in [-0.4, -0.2) is 38.2 Å². The van der Waals surface area contributed by atoms with Gasteiger partial charge in [-0.1, -0.05) is 0 Å². The maximum Gasteiger partial charge on any atom is 0.247 e. The molecule has 7 nitrogen and oxygen atoms in total. The summed E-state index contributed by atoms with van der Waals surface area (Å²) in [6.45, 7) is 0. The van der Waals surface area contributed by atoms with Crippen LogP contribution in [0.5, 0.6) is 0 Å². The molecule has 1 aromatic carbocycles. The number of sulfonamides is 1. The molecule has 1 aliphatic heterocycles. The third kappa shape index (κ3) is 2.72. The van der Waals surface area contributed by atoms with Gasteiger partial charge in [-0.2, -0.15) is 4.72 Å². The van der Waals surface area contributed by atoms with Crippen molar-refractivity contribution in [3.8, 4) is 0 Å². The summed E-state index contributed by atoms with van der Waals surface area (Å²) in [6, 6.07) is 0.00865. The lowest BCUT2D eigenvalue weighted by Gasteiger charge is -2.13. The average Bonchev–Trinajstić information content (AvgIpc) is 2.61. The SMILES string of the molecule is CN1C(=O)CC(NS(=O)(=O)c2cc(N)cc(F)c2F)C1=O. The number of nitrogen functional groups attached to an aromatic ring is 1. The van der Waals surface area contributed by atoms with E-state index in [1.165, 1.54) is 7.05 Å². The number of nitrogens with zero attached hydrogens (tertiary/aromatic N) is 1. The van der Waals surface area contributed by atoms with Gasteiger partial charge in [-0.25, -0.2) is 17.2 Å². The second kappa shape index (κ2) is 5.04. The van der Waals surface area contributed by atoms with E-state index in [9.17, 15) is 26.8 Å². The van der Waals surface area contributed by atoms with Gasteiger partial charge >= 0.3 is 0 Å². The van der Waals surface area contributed by atoms with Crippen LogP contribution in [0.25, 0.3) is 0 Å². The van der Waals surface area contributed by atoms with Crippen LogP contribution >= 0.6 is 0 Å². The number of nitrogens with one attached hydrogen (secondary N) is 1. The van der Waals surface area contributed by atoms with E-state index in [1.807, 2.05) is 4.72 Å². The van der Waals surface area contributed by atoms with Gasteiger partial charge in [0.1, 0.15) is 10.9 Å². The standard InChI is InChI=1S/C11H11F2N3O4S/c1-16-9(17)4-7(11(16)18)15-21(19,20)8-3-5(14)2-6(12)10(8)13/h2-3,7,15H,4,14H2,1H3. The Labute approximate surface area is 118 Å². The summed E-state index contributed by atoms with van der Waals surface area (Å²) in [4.78, 5) is 22.7. The third-order valence-electron chi connectivity index (χ3n) is 2.99. The molecule has 1 unspecified atom stereocenters. The molecular weight excluding hydrogens is 308 g/mol. The molecule has 1 aromatic rings. The van der Waals surface area contributed by atoms with E-state index in [0.717, 1.165) is 11.0 Å². The van der Waals surface area contributed by atoms with Crippen LogP contribution in [0.3, 0.4) is 0 Å². The lowest BCUT2D eigenvalue weighted by Crippen LogP contribution is -2.40. The van der Waals surface area contributed by atoms with Crippen LogP contribution in [0.4, 0.5) is 14.5 Å². The van der Waals surface area contributed by atoms with Crippen molar-refractivity contribution in [1.82, 2.24) is 9.62 Å². The summed E-state index contributed by atoms with van der Waals surface area (Å²) in [7, 11) is -3.35. The van der Waals surface area contributed by atoms with Crippen LogP contribution in [0.1, 0.15) is 6.42 Å².